The molecule has 27 heavy (non-hydrogen) atoms. The molecule has 2 aromatic rings. The molecule has 2 N–H and O–H groups in total. The van der Waals surface area contributed by atoms with Gasteiger partial charge in [-0.15, -0.1) is 35.3 Å². The third kappa shape index (κ3) is 6.36. The molecule has 0 bridgehead atoms. The summed E-state index contributed by atoms with van der Waals surface area (Å²) in [5, 5.41) is 9.06. The van der Waals surface area contributed by atoms with E-state index in [1.54, 1.807) is 7.11 Å². The van der Waals surface area contributed by atoms with Crippen molar-refractivity contribution in [3.05, 3.63) is 52.2 Å². The molecule has 1 unspecified atom stereocenters. The van der Waals surface area contributed by atoms with Gasteiger partial charge in [0, 0.05) is 25.0 Å². The van der Waals surface area contributed by atoms with Gasteiger partial charge >= 0.3 is 0 Å². The fourth-order valence-corrected chi connectivity index (χ4v) is 4.19. The van der Waals surface area contributed by atoms with Crippen LogP contribution in [0.5, 0.6) is 5.75 Å². The molecule has 2 heterocycles. The van der Waals surface area contributed by atoms with Gasteiger partial charge in [0.25, 0.3) is 0 Å². The maximum Gasteiger partial charge on any atom is 0.191 e. The fourth-order valence-electron chi connectivity index (χ4n) is 3.33. The van der Waals surface area contributed by atoms with Crippen LogP contribution in [-0.2, 0) is 6.54 Å². The first-order valence-corrected chi connectivity index (χ1v) is 10.0. The van der Waals surface area contributed by atoms with Crippen molar-refractivity contribution in [3.63, 3.8) is 0 Å². The van der Waals surface area contributed by atoms with Gasteiger partial charge in [0.15, 0.2) is 5.96 Å². The Morgan fingerprint density at radius 2 is 2.04 bits per heavy atom. The van der Waals surface area contributed by atoms with Gasteiger partial charge in [-0.05, 0) is 55.1 Å². The SMILES string of the molecule is CN=C(NCc1cccc(OC)c1)NCC(c1cccs1)N1CCCC1.I. The summed E-state index contributed by atoms with van der Waals surface area (Å²) in [5.74, 6) is 1.70. The summed E-state index contributed by atoms with van der Waals surface area (Å²) < 4.78 is 5.29. The smallest absolute Gasteiger partial charge is 0.191 e. The molecule has 148 valence electrons. The van der Waals surface area contributed by atoms with E-state index in [9.17, 15) is 0 Å². The minimum absolute atomic E-state index is 0. The number of nitrogens with zero attached hydrogens (tertiary/aromatic N) is 2. The fraction of sp³-hybridized carbons (Fsp3) is 0.450. The molecule has 7 heteroatoms. The van der Waals surface area contributed by atoms with Gasteiger partial charge < -0.3 is 15.4 Å². The summed E-state index contributed by atoms with van der Waals surface area (Å²) in [6.07, 6.45) is 2.59. The molecule has 1 aromatic heterocycles. The van der Waals surface area contributed by atoms with E-state index in [0.717, 1.165) is 18.3 Å². The molecule has 0 spiro atoms. The number of nitrogens with one attached hydrogen (secondary N) is 2. The van der Waals surface area contributed by atoms with Gasteiger partial charge in [0.2, 0.25) is 0 Å². The van der Waals surface area contributed by atoms with Gasteiger partial charge in [-0.3, -0.25) is 9.89 Å². The van der Waals surface area contributed by atoms with Crippen molar-refractivity contribution < 1.29 is 4.74 Å². The summed E-state index contributed by atoms with van der Waals surface area (Å²) in [5.41, 5.74) is 1.17. The van der Waals surface area contributed by atoms with Crippen molar-refractivity contribution in [1.82, 2.24) is 15.5 Å². The predicted octanol–water partition coefficient (Wildman–Crippen LogP) is 3.88. The lowest BCUT2D eigenvalue weighted by atomic mass is 10.2. The second kappa shape index (κ2) is 11.5. The quantitative estimate of drug-likeness (QED) is 0.344. The molecule has 1 fully saturated rings. The van der Waals surface area contributed by atoms with E-state index in [4.69, 9.17) is 4.74 Å². The molecule has 1 aliphatic heterocycles. The number of thiophene rings is 1. The van der Waals surface area contributed by atoms with Crippen LogP contribution in [0.2, 0.25) is 0 Å². The first-order chi connectivity index (χ1) is 12.8. The summed E-state index contributed by atoms with van der Waals surface area (Å²) in [7, 11) is 3.51. The molecular formula is C20H29IN4OS. The lowest BCUT2D eigenvalue weighted by molar-refractivity contribution is 0.249. The summed E-state index contributed by atoms with van der Waals surface area (Å²) in [4.78, 5) is 8.37. The summed E-state index contributed by atoms with van der Waals surface area (Å²) >= 11 is 1.84. The lowest BCUT2D eigenvalue weighted by Gasteiger charge is -2.27. The number of halogens is 1. The Kier molecular flexibility index (Phi) is 9.36. The highest BCUT2D eigenvalue weighted by molar-refractivity contribution is 14.0. The third-order valence-electron chi connectivity index (χ3n) is 4.73. The first kappa shape index (κ1) is 22.0. The molecular weight excluding hydrogens is 471 g/mol. The molecule has 1 aliphatic rings. The van der Waals surface area contributed by atoms with E-state index >= 15 is 0 Å². The molecule has 5 nitrogen and oxygen atoms in total. The Labute approximate surface area is 183 Å². The van der Waals surface area contributed by atoms with Gasteiger partial charge in [0.05, 0.1) is 13.2 Å². The standard InChI is InChI=1S/C20H28N4OS.HI/c1-21-20(22-14-16-7-5-8-17(13-16)25-2)23-15-18(19-9-6-12-26-19)24-10-3-4-11-24;/h5-9,12-13,18H,3-4,10-11,14-15H2,1-2H3,(H2,21,22,23);1H. The number of hydrogen-bond acceptors (Lipinski definition) is 4. The Bertz CT molecular complexity index is 702. The molecule has 1 aromatic carbocycles. The zero-order valence-electron chi connectivity index (χ0n) is 16.0. The number of hydrogen-bond donors (Lipinski definition) is 2. The topological polar surface area (TPSA) is 48.9 Å². The van der Waals surface area contributed by atoms with Crippen LogP contribution in [0, 0.1) is 0 Å². The summed E-state index contributed by atoms with van der Waals surface area (Å²) in [6, 6.07) is 12.9. The largest absolute Gasteiger partial charge is 0.497 e. The van der Waals surface area contributed by atoms with Crippen LogP contribution in [0.4, 0.5) is 0 Å². The second-order valence-electron chi connectivity index (χ2n) is 6.43. The Morgan fingerprint density at radius 1 is 1.22 bits per heavy atom. The van der Waals surface area contributed by atoms with E-state index in [0.29, 0.717) is 12.6 Å². The van der Waals surface area contributed by atoms with Crippen LogP contribution in [0.1, 0.15) is 29.3 Å². The van der Waals surface area contributed by atoms with Crippen LogP contribution in [0.15, 0.2) is 46.8 Å². The maximum absolute atomic E-state index is 5.29. The molecule has 0 radical (unpaired) electrons. The van der Waals surface area contributed by atoms with Gasteiger partial charge in [-0.25, -0.2) is 0 Å². The van der Waals surface area contributed by atoms with Crippen molar-refractivity contribution in [3.8, 4) is 5.75 Å². The Balaban J connectivity index is 0.00000261. The third-order valence-corrected chi connectivity index (χ3v) is 5.71. The Hall–Kier alpha value is -1.32. The normalized spacial score (nSPS) is 15.9. The van der Waals surface area contributed by atoms with E-state index in [1.807, 2.05) is 36.6 Å². The zero-order chi connectivity index (χ0) is 18.2. The van der Waals surface area contributed by atoms with Gasteiger partial charge in [0.1, 0.15) is 5.75 Å². The van der Waals surface area contributed by atoms with E-state index in [1.165, 1.54) is 36.4 Å². The number of aliphatic imine (C=N–C) groups is 1. The monoisotopic (exact) mass is 500 g/mol. The highest BCUT2D eigenvalue weighted by atomic mass is 127. The number of methoxy groups -OCH3 is 1. The van der Waals surface area contributed by atoms with Crippen molar-refractivity contribution in [2.45, 2.75) is 25.4 Å². The number of guanidine groups is 1. The number of benzene rings is 1. The van der Waals surface area contributed by atoms with Crippen molar-refractivity contribution in [2.75, 3.05) is 33.8 Å². The van der Waals surface area contributed by atoms with Gasteiger partial charge in [-0.1, -0.05) is 18.2 Å². The first-order valence-electron chi connectivity index (χ1n) is 9.15. The minimum Gasteiger partial charge on any atom is -0.497 e. The molecule has 0 amide bonds. The van der Waals surface area contributed by atoms with E-state index in [-0.39, 0.29) is 24.0 Å². The average Bonchev–Trinajstić information content (AvgIpc) is 3.39. The Morgan fingerprint density at radius 3 is 2.70 bits per heavy atom. The molecule has 1 atom stereocenters. The van der Waals surface area contributed by atoms with Crippen molar-refractivity contribution in [2.24, 2.45) is 4.99 Å². The van der Waals surface area contributed by atoms with E-state index < -0.39 is 0 Å². The highest BCUT2D eigenvalue weighted by Crippen LogP contribution is 2.27. The average molecular weight is 500 g/mol. The predicted molar refractivity (Wildman–Crippen MR) is 124 cm³/mol. The summed E-state index contributed by atoms with van der Waals surface area (Å²) in [6.45, 7) is 3.93. The van der Waals surface area contributed by atoms with E-state index in [2.05, 4.69) is 44.1 Å². The lowest BCUT2D eigenvalue weighted by Crippen LogP contribution is -2.42. The highest BCUT2D eigenvalue weighted by Gasteiger charge is 2.24. The van der Waals surface area contributed by atoms with Crippen LogP contribution in [0.3, 0.4) is 0 Å². The van der Waals surface area contributed by atoms with Crippen molar-refractivity contribution >= 4 is 41.3 Å². The molecule has 0 aliphatic carbocycles. The number of ether oxygens (including phenoxy) is 1. The van der Waals surface area contributed by atoms with Crippen molar-refractivity contribution in [1.29, 1.82) is 0 Å². The van der Waals surface area contributed by atoms with Gasteiger partial charge in [-0.2, -0.15) is 0 Å². The molecule has 3 rings (SSSR count). The second-order valence-corrected chi connectivity index (χ2v) is 7.41. The zero-order valence-corrected chi connectivity index (χ0v) is 19.1. The van der Waals surface area contributed by atoms with Crippen LogP contribution < -0.4 is 15.4 Å². The molecule has 1 saturated heterocycles. The van der Waals surface area contributed by atoms with Crippen LogP contribution >= 0.6 is 35.3 Å². The maximum atomic E-state index is 5.29. The van der Waals surface area contributed by atoms with Crippen LogP contribution in [-0.4, -0.2) is 44.7 Å². The van der Waals surface area contributed by atoms with Crippen LogP contribution in [0.25, 0.3) is 0 Å². The molecule has 0 saturated carbocycles. The minimum atomic E-state index is 0. The number of rotatable bonds is 7. The number of likely N-dealkylation sites (tertiary alicyclic amines) is 1.